The zero-order chi connectivity index (χ0) is 16.5. The molecule has 0 saturated carbocycles. The summed E-state index contributed by atoms with van der Waals surface area (Å²) in [5, 5.41) is 8.91. The van der Waals surface area contributed by atoms with Crippen LogP contribution in [0.25, 0.3) is 0 Å². The molecule has 7 nitrogen and oxygen atoms in total. The van der Waals surface area contributed by atoms with Gasteiger partial charge in [0.2, 0.25) is 0 Å². The van der Waals surface area contributed by atoms with Crippen LogP contribution in [0.3, 0.4) is 0 Å². The maximum Gasteiger partial charge on any atom is 0.294 e. The van der Waals surface area contributed by atoms with E-state index in [-0.39, 0.29) is 16.4 Å². The van der Waals surface area contributed by atoms with E-state index in [1.807, 2.05) is 0 Å². The van der Waals surface area contributed by atoms with E-state index < -0.39 is 29.0 Å². The molecule has 3 N–H and O–H groups in total. The molecule has 2 rings (SSSR count). The van der Waals surface area contributed by atoms with Gasteiger partial charge >= 0.3 is 0 Å². The molecule has 0 radical (unpaired) electrons. The van der Waals surface area contributed by atoms with Crippen LogP contribution in [0.2, 0.25) is 0 Å². The molecule has 1 heterocycles. The predicted octanol–water partition coefficient (Wildman–Crippen LogP) is 0.804. The van der Waals surface area contributed by atoms with Gasteiger partial charge in [-0.2, -0.15) is 8.42 Å². The van der Waals surface area contributed by atoms with E-state index in [9.17, 15) is 17.9 Å². The second-order valence-corrected chi connectivity index (χ2v) is 8.81. The van der Waals surface area contributed by atoms with Crippen LogP contribution in [-0.4, -0.2) is 28.0 Å². The van der Waals surface area contributed by atoms with Crippen molar-refractivity contribution in [3.8, 4) is 0 Å². The van der Waals surface area contributed by atoms with Gasteiger partial charge in [0.25, 0.3) is 17.5 Å². The molecule has 0 aliphatic heterocycles. The zero-order valence-electron chi connectivity index (χ0n) is 10.9. The van der Waals surface area contributed by atoms with E-state index in [2.05, 4.69) is 20.9 Å². The lowest BCUT2D eigenvalue weighted by molar-refractivity contribution is 0.277. The van der Waals surface area contributed by atoms with Gasteiger partial charge in [-0.3, -0.25) is 9.12 Å². The summed E-state index contributed by atoms with van der Waals surface area (Å²) in [5.74, 6) is 0. The lowest BCUT2D eigenvalue weighted by Gasteiger charge is -2.13. The number of aromatic nitrogens is 1. The van der Waals surface area contributed by atoms with Crippen molar-refractivity contribution in [1.82, 2.24) is 4.98 Å². The summed E-state index contributed by atoms with van der Waals surface area (Å²) < 4.78 is 44.4. The van der Waals surface area contributed by atoms with E-state index in [0.717, 1.165) is 12.1 Å². The molecule has 1 aromatic heterocycles. The topological polar surface area (TPSA) is 125 Å². The highest BCUT2D eigenvalue weighted by atomic mass is 79.9. The number of nitrogens with zero attached hydrogens (tertiary/aromatic N) is 1. The molecule has 0 amide bonds. The molecule has 0 spiro atoms. The highest BCUT2D eigenvalue weighted by Crippen LogP contribution is 2.38. The first-order chi connectivity index (χ1) is 10.1. The molecule has 2 aromatic rings. The molecule has 0 bridgehead atoms. The Morgan fingerprint density at radius 1 is 1.23 bits per heavy atom. The summed E-state index contributed by atoms with van der Waals surface area (Å²) in [7, 11) is -8.68. The van der Waals surface area contributed by atoms with Crippen LogP contribution in [0.4, 0.5) is 0 Å². The summed E-state index contributed by atoms with van der Waals surface area (Å²) in [6, 6.07) is 7.31. The summed E-state index contributed by atoms with van der Waals surface area (Å²) in [4.78, 5) is 13.7. The van der Waals surface area contributed by atoms with Crippen molar-refractivity contribution in [3.63, 3.8) is 0 Å². The molecule has 1 atom stereocenters. The molecule has 0 saturated heterocycles. The van der Waals surface area contributed by atoms with Crippen LogP contribution in [-0.2, 0) is 21.3 Å². The van der Waals surface area contributed by atoms with Crippen molar-refractivity contribution in [3.05, 3.63) is 46.6 Å². The number of halogens is 1. The fourth-order valence-electron chi connectivity index (χ4n) is 1.74. The van der Waals surface area contributed by atoms with Crippen molar-refractivity contribution in [2.24, 2.45) is 0 Å². The summed E-state index contributed by atoms with van der Waals surface area (Å²) >= 11 is 3.15. The SMILES string of the molecule is O=P(O)(c1cccc(S(=O)(=O)O)c1)c1cc(Br)cc(CO)n1. The number of hydrogen-bond donors (Lipinski definition) is 3. The molecule has 0 aliphatic carbocycles. The number of hydrogen-bond acceptors (Lipinski definition) is 5. The van der Waals surface area contributed by atoms with Crippen LogP contribution in [0, 0.1) is 0 Å². The van der Waals surface area contributed by atoms with Gasteiger partial charge in [-0.25, -0.2) is 4.98 Å². The maximum absolute atomic E-state index is 12.6. The van der Waals surface area contributed by atoms with E-state index in [4.69, 9.17) is 9.66 Å². The number of benzene rings is 1. The monoisotopic (exact) mass is 407 g/mol. The smallest absolute Gasteiger partial charge is 0.294 e. The Balaban J connectivity index is 2.60. The minimum atomic E-state index is -4.49. The Morgan fingerprint density at radius 3 is 2.50 bits per heavy atom. The third-order valence-electron chi connectivity index (χ3n) is 2.77. The van der Waals surface area contributed by atoms with Crippen molar-refractivity contribution >= 4 is 44.2 Å². The Hall–Kier alpha value is -1.09. The molecule has 0 fully saturated rings. The predicted molar refractivity (Wildman–Crippen MR) is 83.2 cm³/mol. The van der Waals surface area contributed by atoms with E-state index in [0.29, 0.717) is 4.47 Å². The first kappa shape index (κ1) is 17.3. The van der Waals surface area contributed by atoms with Crippen LogP contribution in [0.5, 0.6) is 0 Å². The van der Waals surface area contributed by atoms with Gasteiger partial charge in [0, 0.05) is 9.78 Å². The average Bonchev–Trinajstić information content (AvgIpc) is 2.45. The van der Waals surface area contributed by atoms with Gasteiger partial charge < -0.3 is 10.00 Å². The lowest BCUT2D eigenvalue weighted by atomic mass is 10.4. The van der Waals surface area contributed by atoms with E-state index >= 15 is 0 Å². The third kappa shape index (κ3) is 3.62. The first-order valence-corrected chi connectivity index (χ1v) is 9.72. The van der Waals surface area contributed by atoms with Gasteiger partial charge in [-0.15, -0.1) is 0 Å². The van der Waals surface area contributed by atoms with Crippen molar-refractivity contribution in [2.45, 2.75) is 11.5 Å². The molecular formula is C12H11BrNO6PS. The largest absolute Gasteiger partial charge is 0.390 e. The molecular weight excluding hydrogens is 397 g/mol. The zero-order valence-corrected chi connectivity index (χ0v) is 14.2. The minimum Gasteiger partial charge on any atom is -0.390 e. The summed E-state index contributed by atoms with van der Waals surface area (Å²) in [5.41, 5.74) is -0.0250. The van der Waals surface area contributed by atoms with Gasteiger partial charge in [0.05, 0.1) is 17.2 Å². The van der Waals surface area contributed by atoms with Crippen LogP contribution < -0.4 is 10.7 Å². The Bertz CT molecular complexity index is 870. The lowest BCUT2D eigenvalue weighted by Crippen LogP contribution is -2.20. The quantitative estimate of drug-likeness (QED) is 0.505. The van der Waals surface area contributed by atoms with Crippen LogP contribution >= 0.6 is 23.3 Å². The molecule has 118 valence electrons. The highest BCUT2D eigenvalue weighted by molar-refractivity contribution is 9.10. The number of aliphatic hydroxyl groups is 1. The Labute approximate surface area is 135 Å². The van der Waals surface area contributed by atoms with Gasteiger partial charge in [-0.05, 0) is 30.3 Å². The molecule has 0 aliphatic rings. The first-order valence-electron chi connectivity index (χ1n) is 5.83. The van der Waals surface area contributed by atoms with Crippen molar-refractivity contribution in [2.75, 3.05) is 0 Å². The van der Waals surface area contributed by atoms with E-state index in [1.54, 1.807) is 0 Å². The number of rotatable bonds is 4. The number of pyridine rings is 1. The molecule has 1 aromatic carbocycles. The van der Waals surface area contributed by atoms with Crippen molar-refractivity contribution in [1.29, 1.82) is 0 Å². The second-order valence-electron chi connectivity index (χ2n) is 4.34. The Kier molecular flexibility index (Phi) is 4.86. The average molecular weight is 408 g/mol. The minimum absolute atomic E-state index is 0.185. The molecule has 1 unspecified atom stereocenters. The van der Waals surface area contributed by atoms with Crippen molar-refractivity contribution < 1.29 is 27.5 Å². The fourth-order valence-corrected chi connectivity index (χ4v) is 4.45. The second kappa shape index (κ2) is 6.19. The van der Waals surface area contributed by atoms with Gasteiger partial charge in [-0.1, -0.05) is 22.0 Å². The van der Waals surface area contributed by atoms with Gasteiger partial charge in [0.15, 0.2) is 0 Å². The normalized spacial score (nSPS) is 14.5. The highest BCUT2D eigenvalue weighted by Gasteiger charge is 2.28. The molecule has 22 heavy (non-hydrogen) atoms. The molecule has 10 heteroatoms. The van der Waals surface area contributed by atoms with E-state index in [1.165, 1.54) is 24.3 Å². The standard InChI is InChI=1S/C12H11BrNO6PS/c13-8-4-9(7-15)14-12(5-8)21(16,17)10-2-1-3-11(6-10)22(18,19)20/h1-6,15H,7H2,(H,16,17)(H,18,19,20). The third-order valence-corrected chi connectivity index (χ3v) is 5.90. The maximum atomic E-state index is 12.6. The summed E-state index contributed by atoms with van der Waals surface area (Å²) in [6.45, 7) is -0.419. The number of aliphatic hydroxyl groups excluding tert-OH is 1. The van der Waals surface area contributed by atoms with Crippen LogP contribution in [0.15, 0.2) is 45.8 Å². The van der Waals surface area contributed by atoms with Gasteiger partial charge in [0.1, 0.15) is 5.44 Å². The van der Waals surface area contributed by atoms with Crippen LogP contribution in [0.1, 0.15) is 5.69 Å². The summed E-state index contributed by atoms with van der Waals surface area (Å²) in [6.07, 6.45) is 0. The fraction of sp³-hybridized carbons (Fsp3) is 0.0833. The Morgan fingerprint density at radius 2 is 1.91 bits per heavy atom.